The number of methoxy groups -OCH3 is 1. The molecule has 1 aromatic carbocycles. The van der Waals surface area contributed by atoms with Crippen LogP contribution in [0.2, 0.25) is 0 Å². The molecule has 0 bridgehead atoms. The lowest BCUT2D eigenvalue weighted by atomic mass is 10.2. The first kappa shape index (κ1) is 20.7. The second kappa shape index (κ2) is 8.95. The summed E-state index contributed by atoms with van der Waals surface area (Å²) < 4.78 is 13.5. The molecule has 0 radical (unpaired) electrons. The minimum absolute atomic E-state index is 0.0134. The molecular weight excluding hydrogens is 374 g/mol. The highest BCUT2D eigenvalue weighted by atomic mass is 16.5. The van der Waals surface area contributed by atoms with Crippen LogP contribution in [0.25, 0.3) is 0 Å². The molecule has 3 rings (SSSR count). The summed E-state index contributed by atoms with van der Waals surface area (Å²) in [6.07, 6.45) is 4.01. The number of nitrogen functional groups attached to an aromatic ring is 1. The molecule has 0 amide bonds. The third-order valence-electron chi connectivity index (χ3n) is 5.08. The maximum atomic E-state index is 12.3. The fourth-order valence-electron chi connectivity index (χ4n) is 3.28. The smallest absolute Gasteiger partial charge is 0.332 e. The third kappa shape index (κ3) is 4.51. The van der Waals surface area contributed by atoms with E-state index < -0.39 is 11.2 Å². The zero-order chi connectivity index (χ0) is 21.0. The standard InChI is InChI=1S/C20H27N5O4/c1-23-18(21)17(19(26)24(2)20(23)27)22-13-14-6-7-15(16(12-14)28-3)29-11-10-25-8-4-5-9-25/h6-7,12-13H,4-5,8-11,21H2,1-3H3. The molecule has 29 heavy (non-hydrogen) atoms. The van der Waals surface area contributed by atoms with Crippen LogP contribution >= 0.6 is 0 Å². The first-order valence-electron chi connectivity index (χ1n) is 9.55. The maximum Gasteiger partial charge on any atom is 0.332 e. The van der Waals surface area contributed by atoms with E-state index in [0.717, 1.165) is 24.2 Å². The number of anilines is 1. The molecule has 0 atom stereocenters. The number of likely N-dealkylation sites (tertiary alicyclic amines) is 1. The van der Waals surface area contributed by atoms with Gasteiger partial charge in [-0.15, -0.1) is 0 Å². The van der Waals surface area contributed by atoms with Gasteiger partial charge in [-0.3, -0.25) is 18.8 Å². The summed E-state index contributed by atoms with van der Waals surface area (Å²) in [6, 6.07) is 5.41. The van der Waals surface area contributed by atoms with Crippen molar-refractivity contribution in [2.24, 2.45) is 19.1 Å². The lowest BCUT2D eigenvalue weighted by Crippen LogP contribution is -2.37. The summed E-state index contributed by atoms with van der Waals surface area (Å²) in [5.41, 5.74) is 5.57. The van der Waals surface area contributed by atoms with Crippen molar-refractivity contribution in [3.05, 3.63) is 44.6 Å². The quantitative estimate of drug-likeness (QED) is 0.692. The summed E-state index contributed by atoms with van der Waals surface area (Å²) >= 11 is 0. The first-order chi connectivity index (χ1) is 13.9. The van der Waals surface area contributed by atoms with Crippen LogP contribution in [0.1, 0.15) is 18.4 Å². The largest absolute Gasteiger partial charge is 0.493 e. The fourth-order valence-corrected chi connectivity index (χ4v) is 3.28. The highest BCUT2D eigenvalue weighted by molar-refractivity contribution is 5.84. The molecule has 0 aliphatic carbocycles. The molecule has 1 aliphatic rings. The van der Waals surface area contributed by atoms with E-state index in [1.54, 1.807) is 13.2 Å². The van der Waals surface area contributed by atoms with E-state index in [4.69, 9.17) is 15.2 Å². The van der Waals surface area contributed by atoms with Crippen molar-refractivity contribution >= 4 is 17.7 Å². The van der Waals surface area contributed by atoms with Crippen molar-refractivity contribution in [2.45, 2.75) is 12.8 Å². The van der Waals surface area contributed by atoms with Gasteiger partial charge in [0.05, 0.1) is 7.11 Å². The number of aliphatic imine (C=N–C) groups is 1. The number of nitrogens with two attached hydrogens (primary N) is 1. The number of nitrogens with zero attached hydrogens (tertiary/aromatic N) is 4. The van der Waals surface area contributed by atoms with E-state index in [9.17, 15) is 9.59 Å². The molecule has 0 saturated carbocycles. The van der Waals surface area contributed by atoms with E-state index in [1.165, 1.54) is 37.7 Å². The lowest BCUT2D eigenvalue weighted by molar-refractivity contribution is 0.230. The van der Waals surface area contributed by atoms with Crippen LogP contribution in [0.4, 0.5) is 11.5 Å². The van der Waals surface area contributed by atoms with Gasteiger partial charge in [0, 0.05) is 26.9 Å². The number of aromatic nitrogens is 2. The Morgan fingerprint density at radius 3 is 2.55 bits per heavy atom. The van der Waals surface area contributed by atoms with Crippen LogP contribution in [0.3, 0.4) is 0 Å². The Morgan fingerprint density at radius 2 is 1.86 bits per heavy atom. The Balaban J connectivity index is 1.76. The Morgan fingerprint density at radius 1 is 1.14 bits per heavy atom. The maximum absolute atomic E-state index is 12.3. The van der Waals surface area contributed by atoms with Crippen LogP contribution < -0.4 is 26.5 Å². The second-order valence-corrected chi connectivity index (χ2v) is 7.01. The third-order valence-corrected chi connectivity index (χ3v) is 5.08. The number of rotatable bonds is 7. The minimum Gasteiger partial charge on any atom is -0.493 e. The van der Waals surface area contributed by atoms with Gasteiger partial charge in [0.15, 0.2) is 17.2 Å². The zero-order valence-electron chi connectivity index (χ0n) is 17.1. The summed E-state index contributed by atoms with van der Waals surface area (Å²) in [7, 11) is 4.46. The highest BCUT2D eigenvalue weighted by Gasteiger charge is 2.13. The van der Waals surface area contributed by atoms with Crippen molar-refractivity contribution in [1.82, 2.24) is 14.0 Å². The average molecular weight is 401 g/mol. The number of hydrogen-bond donors (Lipinski definition) is 1. The van der Waals surface area contributed by atoms with Crippen LogP contribution in [0, 0.1) is 0 Å². The summed E-state index contributed by atoms with van der Waals surface area (Å²) in [5.74, 6) is 1.25. The SMILES string of the molecule is COc1cc(C=Nc2c(N)n(C)c(=O)n(C)c2=O)ccc1OCCN1CCCC1. The molecule has 9 heteroatoms. The van der Waals surface area contributed by atoms with Crippen molar-refractivity contribution < 1.29 is 9.47 Å². The highest BCUT2D eigenvalue weighted by Crippen LogP contribution is 2.28. The zero-order valence-corrected chi connectivity index (χ0v) is 17.1. The fraction of sp³-hybridized carbons (Fsp3) is 0.450. The van der Waals surface area contributed by atoms with E-state index in [0.29, 0.717) is 23.7 Å². The van der Waals surface area contributed by atoms with Crippen molar-refractivity contribution in [1.29, 1.82) is 0 Å². The van der Waals surface area contributed by atoms with Gasteiger partial charge >= 0.3 is 5.69 Å². The molecule has 0 spiro atoms. The van der Waals surface area contributed by atoms with Gasteiger partial charge in [0.1, 0.15) is 12.4 Å². The molecule has 1 aliphatic heterocycles. The van der Waals surface area contributed by atoms with Gasteiger partial charge in [-0.2, -0.15) is 0 Å². The van der Waals surface area contributed by atoms with Crippen LogP contribution in [-0.2, 0) is 14.1 Å². The van der Waals surface area contributed by atoms with E-state index in [1.807, 2.05) is 12.1 Å². The second-order valence-electron chi connectivity index (χ2n) is 7.01. The molecular formula is C20H27N5O4. The van der Waals surface area contributed by atoms with E-state index >= 15 is 0 Å². The van der Waals surface area contributed by atoms with Crippen molar-refractivity contribution in [3.8, 4) is 11.5 Å². The Bertz CT molecular complexity index is 1020. The van der Waals surface area contributed by atoms with Crippen molar-refractivity contribution in [3.63, 3.8) is 0 Å². The predicted octanol–water partition coefficient (Wildman–Crippen LogP) is 0.900. The molecule has 2 aromatic rings. The predicted molar refractivity (Wildman–Crippen MR) is 113 cm³/mol. The Labute approximate surface area is 169 Å². The van der Waals surface area contributed by atoms with Crippen LogP contribution in [-0.4, -0.2) is 53.6 Å². The summed E-state index contributed by atoms with van der Waals surface area (Å²) in [4.78, 5) is 30.8. The summed E-state index contributed by atoms with van der Waals surface area (Å²) in [5, 5.41) is 0. The normalized spacial score (nSPS) is 14.6. The average Bonchev–Trinajstić information content (AvgIpc) is 3.25. The van der Waals surface area contributed by atoms with Crippen LogP contribution in [0.15, 0.2) is 32.8 Å². The van der Waals surface area contributed by atoms with Gasteiger partial charge in [-0.05, 0) is 49.7 Å². The molecule has 156 valence electrons. The van der Waals surface area contributed by atoms with Gasteiger partial charge in [0.2, 0.25) is 0 Å². The molecule has 1 saturated heterocycles. The van der Waals surface area contributed by atoms with Crippen LogP contribution in [0.5, 0.6) is 11.5 Å². The minimum atomic E-state index is -0.546. The first-order valence-corrected chi connectivity index (χ1v) is 9.55. The lowest BCUT2D eigenvalue weighted by Gasteiger charge is -2.16. The molecule has 0 unspecified atom stereocenters. The monoisotopic (exact) mass is 401 g/mol. The van der Waals surface area contributed by atoms with Crippen molar-refractivity contribution in [2.75, 3.05) is 39.1 Å². The van der Waals surface area contributed by atoms with E-state index in [2.05, 4.69) is 9.89 Å². The summed E-state index contributed by atoms with van der Waals surface area (Å²) in [6.45, 7) is 3.74. The molecule has 1 aromatic heterocycles. The molecule has 2 heterocycles. The molecule has 1 fully saturated rings. The number of ether oxygens (including phenoxy) is 2. The van der Waals surface area contributed by atoms with Gasteiger partial charge in [0.25, 0.3) is 5.56 Å². The van der Waals surface area contributed by atoms with E-state index in [-0.39, 0.29) is 11.5 Å². The molecule has 2 N–H and O–H groups in total. The van der Waals surface area contributed by atoms with Gasteiger partial charge in [-0.1, -0.05) is 0 Å². The Hall–Kier alpha value is -3.07. The molecule has 9 nitrogen and oxygen atoms in total. The number of benzene rings is 1. The van der Waals surface area contributed by atoms with Gasteiger partial charge < -0.3 is 15.2 Å². The number of hydrogen-bond acceptors (Lipinski definition) is 7. The topological polar surface area (TPSA) is 104 Å². The van der Waals surface area contributed by atoms with Gasteiger partial charge in [-0.25, -0.2) is 9.79 Å². The Kier molecular flexibility index (Phi) is 6.38.